The molecule has 0 aromatic heterocycles. The van der Waals surface area contributed by atoms with Crippen LogP contribution in [0.15, 0.2) is 4.99 Å². The Hall–Kier alpha value is 0.300. The molecule has 1 heterocycles. The minimum Gasteiger partial charge on any atom is -0.379 e. The van der Waals surface area contributed by atoms with Crippen LogP contribution >= 0.6 is 27.7 Å². The first-order valence-electron chi connectivity index (χ1n) is 2.35. The predicted octanol–water partition coefficient (Wildman–Crippen LogP) is 0.811. The zero-order valence-electron chi connectivity index (χ0n) is 4.30. The molecule has 0 amide bonds. The summed E-state index contributed by atoms with van der Waals surface area (Å²) in [6, 6.07) is 0.417. The fourth-order valence-electron chi connectivity index (χ4n) is 0.515. The number of hydrogen-bond acceptors (Lipinski definition) is 3. The van der Waals surface area contributed by atoms with E-state index in [0.29, 0.717) is 6.04 Å². The molecule has 0 radical (unpaired) electrons. The zero-order valence-corrected chi connectivity index (χ0v) is 6.70. The third-order valence-corrected chi connectivity index (χ3v) is 2.61. The van der Waals surface area contributed by atoms with Crippen LogP contribution in [0.4, 0.5) is 0 Å². The minimum atomic E-state index is 0.417. The maximum Gasteiger partial charge on any atom is 0.154 e. The molecular weight excluding hydrogens is 188 g/mol. The van der Waals surface area contributed by atoms with Gasteiger partial charge in [-0.25, -0.2) is 0 Å². The van der Waals surface area contributed by atoms with Crippen LogP contribution in [-0.2, 0) is 0 Å². The van der Waals surface area contributed by atoms with Crippen LogP contribution in [-0.4, -0.2) is 22.3 Å². The number of amidine groups is 1. The highest BCUT2D eigenvalue weighted by Crippen LogP contribution is 2.15. The number of nitrogens with zero attached hydrogens (tertiary/aromatic N) is 1. The Kier molecular flexibility index (Phi) is 2.19. The second kappa shape index (κ2) is 2.73. The molecule has 2 N–H and O–H groups in total. The molecule has 0 aromatic rings. The number of thioether (sulfide) groups is 1. The van der Waals surface area contributed by atoms with Crippen LogP contribution in [0, 0.1) is 0 Å². The Morgan fingerprint density at radius 2 is 2.75 bits per heavy atom. The second-order valence-electron chi connectivity index (χ2n) is 1.59. The largest absolute Gasteiger partial charge is 0.379 e. The van der Waals surface area contributed by atoms with Gasteiger partial charge in [-0.15, -0.1) is 0 Å². The smallest absolute Gasteiger partial charge is 0.154 e. The monoisotopic (exact) mass is 194 g/mol. The van der Waals surface area contributed by atoms with E-state index in [-0.39, 0.29) is 0 Å². The van der Waals surface area contributed by atoms with Gasteiger partial charge < -0.3 is 5.73 Å². The zero-order chi connectivity index (χ0) is 5.98. The predicted molar refractivity (Wildman–Crippen MR) is 41.7 cm³/mol. The Bertz CT molecular complexity index is 115. The van der Waals surface area contributed by atoms with E-state index >= 15 is 0 Å². The van der Waals surface area contributed by atoms with Crippen LogP contribution in [0.5, 0.6) is 0 Å². The summed E-state index contributed by atoms with van der Waals surface area (Å²) >= 11 is 4.96. The van der Waals surface area contributed by atoms with Gasteiger partial charge in [0.2, 0.25) is 0 Å². The molecule has 0 bridgehead atoms. The molecule has 0 aromatic carbocycles. The lowest BCUT2D eigenvalue weighted by atomic mass is 10.4. The summed E-state index contributed by atoms with van der Waals surface area (Å²) in [5.41, 5.74) is 5.39. The quantitative estimate of drug-likeness (QED) is 0.629. The van der Waals surface area contributed by atoms with Gasteiger partial charge in [0.25, 0.3) is 0 Å². The normalized spacial score (nSPS) is 28.1. The van der Waals surface area contributed by atoms with Gasteiger partial charge in [0.1, 0.15) is 0 Å². The van der Waals surface area contributed by atoms with Crippen molar-refractivity contribution in [2.24, 2.45) is 10.7 Å². The maximum atomic E-state index is 5.39. The standard InChI is InChI=1S/C4H7BrN2S/c5-1-3-2-8-4(6)7-3/h3H,1-2H2,(H2,6,7). The fraction of sp³-hybridized carbons (Fsp3) is 0.750. The number of nitrogens with two attached hydrogens (primary N) is 1. The summed E-state index contributed by atoms with van der Waals surface area (Å²) in [6.45, 7) is 0. The lowest BCUT2D eigenvalue weighted by molar-refractivity contribution is 0.884. The van der Waals surface area contributed by atoms with E-state index in [1.165, 1.54) is 0 Å². The van der Waals surface area contributed by atoms with E-state index in [0.717, 1.165) is 16.3 Å². The van der Waals surface area contributed by atoms with Gasteiger partial charge in [-0.3, -0.25) is 4.99 Å². The average molecular weight is 195 g/mol. The number of hydrogen-bond donors (Lipinski definition) is 1. The summed E-state index contributed by atoms with van der Waals surface area (Å²) in [7, 11) is 0. The van der Waals surface area contributed by atoms with E-state index in [2.05, 4.69) is 20.9 Å². The molecule has 1 aliphatic heterocycles. The fourth-order valence-corrected chi connectivity index (χ4v) is 1.97. The SMILES string of the molecule is NC1=NC(CBr)CS1. The van der Waals surface area contributed by atoms with Crippen molar-refractivity contribution in [3.8, 4) is 0 Å². The molecule has 1 aliphatic rings. The third kappa shape index (κ3) is 1.39. The van der Waals surface area contributed by atoms with Crippen molar-refractivity contribution >= 4 is 32.9 Å². The van der Waals surface area contributed by atoms with Gasteiger partial charge in [0.05, 0.1) is 6.04 Å². The van der Waals surface area contributed by atoms with Gasteiger partial charge in [-0.1, -0.05) is 27.7 Å². The highest BCUT2D eigenvalue weighted by molar-refractivity contribution is 9.09. The molecule has 1 atom stereocenters. The molecule has 0 saturated carbocycles. The van der Waals surface area contributed by atoms with Crippen molar-refractivity contribution in [2.75, 3.05) is 11.1 Å². The average Bonchev–Trinajstić information content (AvgIpc) is 2.14. The van der Waals surface area contributed by atoms with Gasteiger partial charge >= 0.3 is 0 Å². The van der Waals surface area contributed by atoms with Crippen molar-refractivity contribution in [3.63, 3.8) is 0 Å². The van der Waals surface area contributed by atoms with Crippen molar-refractivity contribution in [1.29, 1.82) is 0 Å². The lowest BCUT2D eigenvalue weighted by Gasteiger charge is -1.94. The van der Waals surface area contributed by atoms with Crippen LogP contribution in [0.1, 0.15) is 0 Å². The molecule has 4 heteroatoms. The van der Waals surface area contributed by atoms with E-state index in [1.54, 1.807) is 11.8 Å². The highest BCUT2D eigenvalue weighted by atomic mass is 79.9. The third-order valence-electron chi connectivity index (χ3n) is 0.912. The highest BCUT2D eigenvalue weighted by Gasteiger charge is 2.13. The summed E-state index contributed by atoms with van der Waals surface area (Å²) < 4.78 is 0. The molecule has 0 aliphatic carbocycles. The maximum absolute atomic E-state index is 5.39. The Morgan fingerprint density at radius 3 is 3.00 bits per heavy atom. The molecule has 46 valence electrons. The first-order valence-corrected chi connectivity index (χ1v) is 4.45. The summed E-state index contributed by atoms with van der Waals surface area (Å²) in [5.74, 6) is 1.04. The van der Waals surface area contributed by atoms with Crippen LogP contribution in [0.2, 0.25) is 0 Å². The number of alkyl halides is 1. The van der Waals surface area contributed by atoms with Gasteiger partial charge in [0.15, 0.2) is 5.17 Å². The molecule has 1 unspecified atom stereocenters. The first kappa shape index (κ1) is 6.42. The Labute approximate surface area is 61.1 Å². The molecule has 1 rings (SSSR count). The van der Waals surface area contributed by atoms with Crippen LogP contribution < -0.4 is 5.73 Å². The molecule has 8 heavy (non-hydrogen) atoms. The van der Waals surface area contributed by atoms with Gasteiger partial charge in [-0.05, 0) is 0 Å². The van der Waals surface area contributed by atoms with Crippen LogP contribution in [0.3, 0.4) is 0 Å². The second-order valence-corrected chi connectivity index (χ2v) is 3.27. The van der Waals surface area contributed by atoms with E-state index in [9.17, 15) is 0 Å². The van der Waals surface area contributed by atoms with Crippen molar-refractivity contribution in [3.05, 3.63) is 0 Å². The van der Waals surface area contributed by atoms with Crippen LogP contribution in [0.25, 0.3) is 0 Å². The minimum absolute atomic E-state index is 0.417. The van der Waals surface area contributed by atoms with Gasteiger partial charge in [0, 0.05) is 11.1 Å². The molecule has 0 fully saturated rings. The number of aliphatic imine (C=N–C) groups is 1. The topological polar surface area (TPSA) is 38.4 Å². The molecule has 2 nitrogen and oxygen atoms in total. The summed E-state index contributed by atoms with van der Waals surface area (Å²) in [5, 5.41) is 1.66. The van der Waals surface area contributed by atoms with Gasteiger partial charge in [-0.2, -0.15) is 0 Å². The Morgan fingerprint density at radius 1 is 2.00 bits per heavy atom. The lowest BCUT2D eigenvalue weighted by Crippen LogP contribution is -2.04. The number of rotatable bonds is 1. The first-order chi connectivity index (χ1) is 3.83. The summed E-state index contributed by atoms with van der Waals surface area (Å²) in [6.07, 6.45) is 0. The van der Waals surface area contributed by atoms with Crippen molar-refractivity contribution < 1.29 is 0 Å². The Balaban J connectivity index is 2.41. The number of halogens is 1. The summed E-state index contributed by atoms with van der Waals surface area (Å²) in [4.78, 5) is 4.12. The van der Waals surface area contributed by atoms with Crippen molar-refractivity contribution in [1.82, 2.24) is 0 Å². The van der Waals surface area contributed by atoms with E-state index < -0.39 is 0 Å². The molecule has 0 spiro atoms. The molecule has 0 saturated heterocycles. The van der Waals surface area contributed by atoms with E-state index in [1.807, 2.05) is 0 Å². The van der Waals surface area contributed by atoms with Crippen molar-refractivity contribution in [2.45, 2.75) is 6.04 Å². The van der Waals surface area contributed by atoms with E-state index in [4.69, 9.17) is 5.73 Å². The molecular formula is C4H7BrN2S.